The van der Waals surface area contributed by atoms with E-state index < -0.39 is 0 Å². The lowest BCUT2D eigenvalue weighted by Crippen LogP contribution is -2.34. The molecule has 29 heavy (non-hydrogen) atoms. The van der Waals surface area contributed by atoms with E-state index in [2.05, 4.69) is 15.1 Å². The van der Waals surface area contributed by atoms with Gasteiger partial charge in [-0.25, -0.2) is 14.8 Å². The van der Waals surface area contributed by atoms with E-state index >= 15 is 0 Å². The molecule has 2 fully saturated rings. The summed E-state index contributed by atoms with van der Waals surface area (Å²) in [4.78, 5) is 39.5. The number of nitrogens with two attached hydrogens (primary N) is 1. The maximum atomic E-state index is 13.5. The van der Waals surface area contributed by atoms with Crippen molar-refractivity contribution in [3.63, 3.8) is 0 Å². The highest BCUT2D eigenvalue weighted by atomic mass is 32.2. The van der Waals surface area contributed by atoms with Crippen molar-refractivity contribution in [2.75, 3.05) is 6.26 Å². The minimum atomic E-state index is -0.387. The fourth-order valence-electron chi connectivity index (χ4n) is 4.08. The summed E-state index contributed by atoms with van der Waals surface area (Å²) in [5.74, 6) is -0.581. The zero-order valence-corrected chi connectivity index (χ0v) is 17.5. The maximum Gasteiger partial charge on any atom is 0.338 e. The van der Waals surface area contributed by atoms with Crippen LogP contribution in [0.15, 0.2) is 21.3 Å². The Hall–Kier alpha value is -2.42. The summed E-state index contributed by atoms with van der Waals surface area (Å²) in [6.07, 6.45) is 10.3. The van der Waals surface area contributed by atoms with E-state index in [-0.39, 0.29) is 34.9 Å². The molecular weight excluding hydrogens is 390 g/mol. The maximum absolute atomic E-state index is 13.5. The van der Waals surface area contributed by atoms with Gasteiger partial charge >= 0.3 is 5.97 Å². The van der Waals surface area contributed by atoms with Gasteiger partial charge in [-0.2, -0.15) is 0 Å². The van der Waals surface area contributed by atoms with Gasteiger partial charge in [0.05, 0.1) is 11.5 Å². The van der Waals surface area contributed by atoms with Gasteiger partial charge in [-0.15, -0.1) is 0 Å². The third kappa shape index (κ3) is 3.63. The molecule has 0 amide bonds. The molecule has 0 bridgehead atoms. The van der Waals surface area contributed by atoms with Crippen LogP contribution in [0.3, 0.4) is 0 Å². The van der Waals surface area contributed by atoms with Crippen LogP contribution in [-0.2, 0) is 9.63 Å². The van der Waals surface area contributed by atoms with Crippen molar-refractivity contribution in [1.82, 2.24) is 14.5 Å². The summed E-state index contributed by atoms with van der Waals surface area (Å²) in [7, 11) is 0. The molecule has 0 unspecified atom stereocenters. The van der Waals surface area contributed by atoms with Crippen molar-refractivity contribution in [2.24, 2.45) is 16.8 Å². The molecule has 0 spiro atoms. The molecule has 2 heterocycles. The van der Waals surface area contributed by atoms with Crippen LogP contribution >= 0.6 is 11.8 Å². The van der Waals surface area contributed by atoms with Gasteiger partial charge in [0.1, 0.15) is 5.65 Å². The highest BCUT2D eigenvalue weighted by Crippen LogP contribution is 2.32. The molecule has 2 aromatic rings. The average Bonchev–Trinajstić information content (AvgIpc) is 3.19. The Kier molecular flexibility index (Phi) is 5.58. The third-order valence-electron chi connectivity index (χ3n) is 5.99. The molecular formula is C20H25N5O3S. The largest absolute Gasteiger partial charge is 0.380 e. The lowest BCUT2D eigenvalue weighted by Gasteiger charge is -2.21. The predicted octanol–water partition coefficient (Wildman–Crippen LogP) is 2.90. The van der Waals surface area contributed by atoms with Crippen LogP contribution in [0.1, 0.15) is 62.1 Å². The second-order valence-corrected chi connectivity index (χ2v) is 8.50. The Morgan fingerprint density at radius 3 is 2.62 bits per heavy atom. The van der Waals surface area contributed by atoms with E-state index in [1.54, 1.807) is 17.7 Å². The number of rotatable bonds is 5. The average molecular weight is 416 g/mol. The minimum Gasteiger partial charge on any atom is -0.380 e. The van der Waals surface area contributed by atoms with Crippen LogP contribution in [0.25, 0.3) is 11.0 Å². The van der Waals surface area contributed by atoms with Gasteiger partial charge in [0.15, 0.2) is 11.0 Å². The monoisotopic (exact) mass is 415 g/mol. The van der Waals surface area contributed by atoms with Gasteiger partial charge in [-0.3, -0.25) is 9.36 Å². The summed E-state index contributed by atoms with van der Waals surface area (Å²) < 4.78 is 1.74. The fourth-order valence-corrected chi connectivity index (χ4v) is 4.41. The quantitative estimate of drug-likeness (QED) is 0.199. The first-order valence-electron chi connectivity index (χ1n) is 10.0. The molecule has 154 valence electrons. The highest BCUT2D eigenvalue weighted by Gasteiger charge is 2.28. The van der Waals surface area contributed by atoms with E-state index in [1.807, 2.05) is 6.26 Å². The Morgan fingerprint density at radius 1 is 1.28 bits per heavy atom. The molecule has 2 aliphatic carbocycles. The van der Waals surface area contributed by atoms with Gasteiger partial charge < -0.3 is 10.6 Å². The molecule has 4 rings (SSSR count). The van der Waals surface area contributed by atoms with Gasteiger partial charge in [-0.1, -0.05) is 36.2 Å². The van der Waals surface area contributed by atoms with Crippen LogP contribution in [-0.4, -0.2) is 32.6 Å². The number of oxime groups is 1. The standard InChI is InChI=1S/C20H25N5O3S/c1-11-14-10-22-20(29-2)23-17(14)25(13-8-3-4-9-13)18(26)15(11)16(21)24-28-19(27)12-6-5-7-12/h10,12-13H,3-9H2,1-2H3,(H2,21,24). The molecule has 0 aromatic carbocycles. The molecule has 2 N–H and O–H groups in total. The van der Waals surface area contributed by atoms with E-state index in [1.165, 1.54) is 11.8 Å². The lowest BCUT2D eigenvalue weighted by atomic mass is 9.86. The molecule has 0 saturated heterocycles. The van der Waals surface area contributed by atoms with Crippen LogP contribution in [0, 0.1) is 12.8 Å². The molecule has 8 nitrogen and oxygen atoms in total. The van der Waals surface area contributed by atoms with Crippen LogP contribution in [0.5, 0.6) is 0 Å². The SMILES string of the molecule is CSc1ncc2c(C)c(C(N)=NOC(=O)C3CCC3)c(=O)n(C3CCCC3)c2n1. The number of hydrogen-bond acceptors (Lipinski definition) is 7. The number of thioether (sulfide) groups is 1. The Labute approximate surface area is 172 Å². The second kappa shape index (κ2) is 8.14. The number of amidine groups is 1. The summed E-state index contributed by atoms with van der Waals surface area (Å²) in [5.41, 5.74) is 7.42. The topological polar surface area (TPSA) is 112 Å². The van der Waals surface area contributed by atoms with Gasteiger partial charge in [-0.05, 0) is 44.4 Å². The number of hydrogen-bond donors (Lipinski definition) is 1. The fraction of sp³-hybridized carbons (Fsp3) is 0.550. The zero-order valence-electron chi connectivity index (χ0n) is 16.7. The predicted molar refractivity (Wildman–Crippen MR) is 112 cm³/mol. The number of nitrogens with zero attached hydrogens (tertiary/aromatic N) is 4. The van der Waals surface area contributed by atoms with Crippen molar-refractivity contribution in [3.05, 3.63) is 27.7 Å². The number of carbonyl (C=O) groups excluding carboxylic acids is 1. The first-order valence-corrected chi connectivity index (χ1v) is 11.2. The lowest BCUT2D eigenvalue weighted by molar-refractivity contribution is -0.151. The Morgan fingerprint density at radius 2 is 2.00 bits per heavy atom. The summed E-state index contributed by atoms with van der Waals surface area (Å²) >= 11 is 1.44. The van der Waals surface area contributed by atoms with Crippen molar-refractivity contribution in [3.8, 4) is 0 Å². The number of pyridine rings is 1. The molecule has 2 saturated carbocycles. The van der Waals surface area contributed by atoms with Crippen molar-refractivity contribution in [1.29, 1.82) is 0 Å². The van der Waals surface area contributed by atoms with Gasteiger partial charge in [0.25, 0.3) is 5.56 Å². The Bertz CT molecular complexity index is 1040. The first-order chi connectivity index (χ1) is 14.0. The smallest absolute Gasteiger partial charge is 0.338 e. The first kappa shape index (κ1) is 19.9. The van der Waals surface area contributed by atoms with Crippen molar-refractivity contribution >= 4 is 34.6 Å². The van der Waals surface area contributed by atoms with Gasteiger partial charge in [0, 0.05) is 17.6 Å². The number of aromatic nitrogens is 3. The van der Waals surface area contributed by atoms with E-state index in [4.69, 9.17) is 10.6 Å². The number of carbonyl (C=O) groups is 1. The molecule has 0 aliphatic heterocycles. The number of aryl methyl sites for hydroxylation is 1. The van der Waals surface area contributed by atoms with E-state index in [0.29, 0.717) is 16.4 Å². The number of fused-ring (bicyclic) bond motifs is 1. The van der Waals surface area contributed by atoms with Crippen LogP contribution in [0.4, 0.5) is 0 Å². The third-order valence-corrected chi connectivity index (χ3v) is 6.55. The Balaban J connectivity index is 1.83. The van der Waals surface area contributed by atoms with Crippen LogP contribution in [0.2, 0.25) is 0 Å². The molecule has 2 aliphatic rings. The van der Waals surface area contributed by atoms with Crippen LogP contribution < -0.4 is 11.3 Å². The molecule has 0 atom stereocenters. The van der Waals surface area contributed by atoms with Crippen molar-refractivity contribution < 1.29 is 9.63 Å². The second-order valence-electron chi connectivity index (χ2n) is 7.72. The van der Waals surface area contributed by atoms with E-state index in [0.717, 1.165) is 50.3 Å². The highest BCUT2D eigenvalue weighted by molar-refractivity contribution is 7.98. The summed E-state index contributed by atoms with van der Waals surface area (Å²) in [6.45, 7) is 1.80. The van der Waals surface area contributed by atoms with Crippen molar-refractivity contribution in [2.45, 2.75) is 63.1 Å². The van der Waals surface area contributed by atoms with Gasteiger partial charge in [0.2, 0.25) is 0 Å². The summed E-state index contributed by atoms with van der Waals surface area (Å²) in [5, 5.41) is 5.19. The van der Waals surface area contributed by atoms with E-state index in [9.17, 15) is 9.59 Å². The normalized spacial score (nSPS) is 18.2. The summed E-state index contributed by atoms with van der Waals surface area (Å²) in [6, 6.07) is 0.0688. The molecule has 0 radical (unpaired) electrons. The molecule has 2 aromatic heterocycles. The zero-order chi connectivity index (χ0) is 20.5. The minimum absolute atomic E-state index is 0.0688. The molecule has 9 heteroatoms.